The normalized spacial score (nSPS) is 15.1. The fourth-order valence-corrected chi connectivity index (χ4v) is 3.05. The van der Waals surface area contributed by atoms with Gasteiger partial charge in [-0.2, -0.15) is 0 Å². The summed E-state index contributed by atoms with van der Waals surface area (Å²) >= 11 is 0. The topological polar surface area (TPSA) is 56.5 Å². The van der Waals surface area contributed by atoms with Crippen molar-refractivity contribution >= 4 is 16.9 Å². The lowest BCUT2D eigenvalue weighted by molar-refractivity contribution is -0.134. The first-order valence-corrected chi connectivity index (χ1v) is 8.98. The van der Waals surface area contributed by atoms with Crippen LogP contribution in [0.2, 0.25) is 0 Å². The first-order chi connectivity index (χ1) is 12.7. The number of benzene rings is 2. The molecule has 0 bridgehead atoms. The van der Waals surface area contributed by atoms with Gasteiger partial charge in [-0.25, -0.2) is 4.79 Å². The van der Waals surface area contributed by atoms with E-state index in [2.05, 4.69) is 6.92 Å². The second-order valence-corrected chi connectivity index (χ2v) is 6.30. The summed E-state index contributed by atoms with van der Waals surface area (Å²) in [6.07, 6.45) is 4.39. The van der Waals surface area contributed by atoms with Gasteiger partial charge in [0, 0.05) is 17.0 Å². The van der Waals surface area contributed by atoms with Crippen molar-refractivity contribution in [2.45, 2.75) is 38.5 Å². The van der Waals surface area contributed by atoms with Gasteiger partial charge in [-0.15, -0.1) is 0 Å². The van der Waals surface area contributed by atoms with Crippen LogP contribution in [0.25, 0.3) is 11.0 Å². The maximum absolute atomic E-state index is 11.6. The first kappa shape index (κ1) is 17.9. The quantitative estimate of drug-likeness (QED) is 0.285. The number of fused-ring (bicyclic) bond motifs is 2. The Labute approximate surface area is 152 Å². The summed E-state index contributed by atoms with van der Waals surface area (Å²) in [7, 11) is 0. The Morgan fingerprint density at radius 1 is 0.885 bits per heavy atom. The summed E-state index contributed by atoms with van der Waals surface area (Å²) in [6, 6.07) is 18.3. The molecule has 3 aromatic rings. The fraction of sp³-hybridized carbons (Fsp3) is 0.273. The van der Waals surface area contributed by atoms with E-state index in [1.165, 1.54) is 18.9 Å². The van der Waals surface area contributed by atoms with Crippen LogP contribution in [0.5, 0.6) is 5.75 Å². The SMILES string of the molecule is CCCCCC1C(=O)Oc2ccccc21.O=c1ccc2ccccc2o1. The Bertz CT molecular complexity index is 942. The van der Waals surface area contributed by atoms with Crippen LogP contribution in [0.3, 0.4) is 0 Å². The Kier molecular flexibility index (Phi) is 5.84. The van der Waals surface area contributed by atoms with Gasteiger partial charge < -0.3 is 9.15 Å². The van der Waals surface area contributed by atoms with Crippen molar-refractivity contribution in [3.05, 3.63) is 76.6 Å². The van der Waals surface area contributed by atoms with Crippen LogP contribution in [-0.4, -0.2) is 5.97 Å². The van der Waals surface area contributed by atoms with Crippen LogP contribution in [0, 0.1) is 0 Å². The van der Waals surface area contributed by atoms with Crippen LogP contribution in [0.15, 0.2) is 69.9 Å². The molecule has 134 valence electrons. The monoisotopic (exact) mass is 350 g/mol. The summed E-state index contributed by atoms with van der Waals surface area (Å²) in [6.45, 7) is 2.17. The average Bonchev–Trinajstić information content (AvgIpc) is 2.98. The van der Waals surface area contributed by atoms with Gasteiger partial charge in [0.25, 0.3) is 0 Å². The summed E-state index contributed by atoms with van der Waals surface area (Å²) < 4.78 is 10.1. The molecule has 1 aromatic heterocycles. The van der Waals surface area contributed by atoms with E-state index in [4.69, 9.17) is 9.15 Å². The van der Waals surface area contributed by atoms with Crippen molar-refractivity contribution in [2.24, 2.45) is 0 Å². The third kappa shape index (κ3) is 4.20. The van der Waals surface area contributed by atoms with E-state index in [0.29, 0.717) is 5.58 Å². The molecule has 0 spiro atoms. The van der Waals surface area contributed by atoms with Crippen LogP contribution in [0.1, 0.15) is 44.1 Å². The molecule has 0 fully saturated rings. The second-order valence-electron chi connectivity index (χ2n) is 6.30. The van der Waals surface area contributed by atoms with E-state index in [9.17, 15) is 9.59 Å². The minimum atomic E-state index is -0.302. The van der Waals surface area contributed by atoms with Gasteiger partial charge in [0.15, 0.2) is 0 Å². The van der Waals surface area contributed by atoms with Gasteiger partial charge in [-0.3, -0.25) is 4.79 Å². The van der Waals surface area contributed by atoms with Gasteiger partial charge in [0.05, 0.1) is 5.92 Å². The zero-order valence-corrected chi connectivity index (χ0v) is 14.8. The molecule has 2 aromatic carbocycles. The third-order valence-electron chi connectivity index (χ3n) is 4.41. The maximum Gasteiger partial charge on any atom is 0.336 e. The molecule has 2 heterocycles. The van der Waals surface area contributed by atoms with Crippen LogP contribution < -0.4 is 10.4 Å². The average molecular weight is 350 g/mol. The molecule has 1 aliphatic rings. The lowest BCUT2D eigenvalue weighted by atomic mass is 9.95. The number of para-hydroxylation sites is 2. The molecule has 1 unspecified atom stereocenters. The van der Waals surface area contributed by atoms with Gasteiger partial charge in [0.2, 0.25) is 0 Å². The number of hydrogen-bond acceptors (Lipinski definition) is 4. The van der Waals surface area contributed by atoms with Crippen molar-refractivity contribution in [2.75, 3.05) is 0 Å². The lowest BCUT2D eigenvalue weighted by Gasteiger charge is -2.05. The van der Waals surface area contributed by atoms with Crippen LogP contribution in [0.4, 0.5) is 0 Å². The van der Waals surface area contributed by atoms with Crippen molar-refractivity contribution in [1.82, 2.24) is 0 Å². The standard InChI is InChI=1S/C13H16O2.C9H6O2/c1-2-3-4-8-11-10-7-5-6-9-12(10)15-13(11)14;10-9-6-5-7-3-1-2-4-8(7)11-9/h5-7,9,11H,2-4,8H2,1H3;1-6H. The number of rotatable bonds is 4. The minimum absolute atomic E-state index is 0.0206. The molecule has 26 heavy (non-hydrogen) atoms. The highest BCUT2D eigenvalue weighted by molar-refractivity contribution is 5.85. The summed E-state index contributed by atoms with van der Waals surface area (Å²) in [4.78, 5) is 22.3. The zero-order chi connectivity index (χ0) is 18.4. The Morgan fingerprint density at radius 3 is 2.50 bits per heavy atom. The highest BCUT2D eigenvalue weighted by Gasteiger charge is 2.31. The molecule has 1 aliphatic heterocycles. The highest BCUT2D eigenvalue weighted by atomic mass is 16.5. The lowest BCUT2D eigenvalue weighted by Crippen LogP contribution is -2.09. The maximum atomic E-state index is 11.6. The van der Waals surface area contributed by atoms with E-state index in [0.717, 1.165) is 29.5 Å². The zero-order valence-electron chi connectivity index (χ0n) is 14.8. The number of esters is 1. The van der Waals surface area contributed by atoms with E-state index in [1.807, 2.05) is 42.5 Å². The summed E-state index contributed by atoms with van der Waals surface area (Å²) in [5.74, 6) is 0.657. The number of unbranched alkanes of at least 4 members (excludes halogenated alkanes) is 2. The van der Waals surface area contributed by atoms with Gasteiger partial charge in [-0.05, 0) is 24.6 Å². The largest absolute Gasteiger partial charge is 0.426 e. The third-order valence-corrected chi connectivity index (χ3v) is 4.41. The molecule has 0 radical (unpaired) electrons. The Hall–Kier alpha value is -2.88. The summed E-state index contributed by atoms with van der Waals surface area (Å²) in [5.41, 5.74) is 1.40. The molecule has 0 amide bonds. The van der Waals surface area contributed by atoms with Crippen molar-refractivity contribution in [1.29, 1.82) is 0 Å². The van der Waals surface area contributed by atoms with Crippen molar-refractivity contribution < 1.29 is 13.9 Å². The van der Waals surface area contributed by atoms with E-state index < -0.39 is 0 Å². The number of carbonyl (C=O) groups is 1. The molecule has 0 aliphatic carbocycles. The fourth-order valence-electron chi connectivity index (χ4n) is 3.05. The smallest absolute Gasteiger partial charge is 0.336 e. The Morgan fingerprint density at radius 2 is 1.65 bits per heavy atom. The van der Waals surface area contributed by atoms with Gasteiger partial charge in [-0.1, -0.05) is 62.6 Å². The molecule has 0 saturated carbocycles. The molecule has 0 saturated heterocycles. The predicted molar refractivity (Wildman–Crippen MR) is 101 cm³/mol. The number of carbonyl (C=O) groups excluding carboxylic acids is 1. The first-order valence-electron chi connectivity index (χ1n) is 8.98. The van der Waals surface area contributed by atoms with Crippen LogP contribution in [-0.2, 0) is 4.79 Å². The van der Waals surface area contributed by atoms with E-state index >= 15 is 0 Å². The molecular formula is C22H22O4. The molecule has 1 atom stereocenters. The van der Waals surface area contributed by atoms with Crippen molar-refractivity contribution in [3.63, 3.8) is 0 Å². The molecule has 4 rings (SSSR count). The van der Waals surface area contributed by atoms with Gasteiger partial charge >= 0.3 is 11.6 Å². The minimum Gasteiger partial charge on any atom is -0.426 e. The molecule has 0 N–H and O–H groups in total. The highest BCUT2D eigenvalue weighted by Crippen LogP contribution is 2.37. The predicted octanol–water partition coefficient (Wildman–Crippen LogP) is 5.06. The van der Waals surface area contributed by atoms with E-state index in [-0.39, 0.29) is 17.5 Å². The van der Waals surface area contributed by atoms with E-state index in [1.54, 1.807) is 12.1 Å². The van der Waals surface area contributed by atoms with Gasteiger partial charge in [0.1, 0.15) is 11.3 Å². The molecular weight excluding hydrogens is 328 g/mol. The van der Waals surface area contributed by atoms with Crippen LogP contribution >= 0.6 is 0 Å². The van der Waals surface area contributed by atoms with Crippen molar-refractivity contribution in [3.8, 4) is 5.75 Å². The Balaban J connectivity index is 0.000000158. The molecule has 4 heteroatoms. The number of hydrogen-bond donors (Lipinski definition) is 0. The second kappa shape index (κ2) is 8.48. The summed E-state index contributed by atoms with van der Waals surface area (Å²) in [5, 5.41) is 0.951. The number of ether oxygens (including phenoxy) is 1. The molecule has 4 nitrogen and oxygen atoms in total.